The lowest BCUT2D eigenvalue weighted by molar-refractivity contribution is 0.267. The van der Waals surface area contributed by atoms with Gasteiger partial charge in [-0.05, 0) is 50.1 Å². The third-order valence-corrected chi connectivity index (χ3v) is 3.42. The van der Waals surface area contributed by atoms with Gasteiger partial charge in [0.05, 0.1) is 0 Å². The molecule has 0 amide bonds. The van der Waals surface area contributed by atoms with E-state index in [9.17, 15) is 4.39 Å². The van der Waals surface area contributed by atoms with Crippen LogP contribution in [0, 0.1) is 12.7 Å². The zero-order valence-electron chi connectivity index (χ0n) is 11.5. The van der Waals surface area contributed by atoms with Crippen molar-refractivity contribution in [1.82, 2.24) is 5.32 Å². The van der Waals surface area contributed by atoms with Gasteiger partial charge in [-0.2, -0.15) is 0 Å². The van der Waals surface area contributed by atoms with Crippen molar-refractivity contribution in [2.45, 2.75) is 39.0 Å². The van der Waals surface area contributed by atoms with E-state index in [1.165, 1.54) is 30.5 Å². The van der Waals surface area contributed by atoms with Gasteiger partial charge < -0.3 is 14.5 Å². The number of nitrogens with one attached hydrogen (secondary N) is 1. The number of furan rings is 1. The lowest BCUT2D eigenvalue weighted by Gasteiger charge is -2.03. The van der Waals surface area contributed by atoms with E-state index in [4.69, 9.17) is 9.15 Å². The number of halogens is 1. The van der Waals surface area contributed by atoms with Crippen molar-refractivity contribution in [3.8, 4) is 5.75 Å². The maximum Gasteiger partial charge on any atom is 0.146 e. The predicted molar refractivity (Wildman–Crippen MR) is 74.0 cm³/mol. The van der Waals surface area contributed by atoms with Gasteiger partial charge in [0.2, 0.25) is 0 Å². The highest BCUT2D eigenvalue weighted by molar-refractivity contribution is 5.24. The third-order valence-electron chi connectivity index (χ3n) is 3.42. The van der Waals surface area contributed by atoms with Crippen LogP contribution >= 0.6 is 0 Å². The zero-order chi connectivity index (χ0) is 13.9. The fourth-order valence-corrected chi connectivity index (χ4v) is 2.06. The fourth-order valence-electron chi connectivity index (χ4n) is 2.06. The van der Waals surface area contributed by atoms with Gasteiger partial charge in [0.25, 0.3) is 0 Å². The van der Waals surface area contributed by atoms with Crippen LogP contribution in [-0.2, 0) is 13.2 Å². The topological polar surface area (TPSA) is 34.4 Å². The monoisotopic (exact) mass is 275 g/mol. The number of aryl methyl sites for hydroxylation is 1. The Kier molecular flexibility index (Phi) is 3.74. The Hall–Kier alpha value is -1.81. The summed E-state index contributed by atoms with van der Waals surface area (Å²) in [6.07, 6.45) is 2.55. The zero-order valence-corrected chi connectivity index (χ0v) is 11.5. The van der Waals surface area contributed by atoms with E-state index < -0.39 is 0 Å². The summed E-state index contributed by atoms with van der Waals surface area (Å²) in [7, 11) is 0. The van der Waals surface area contributed by atoms with Crippen molar-refractivity contribution in [3.63, 3.8) is 0 Å². The second-order valence-electron chi connectivity index (χ2n) is 5.19. The molecule has 2 aromatic rings. The first-order valence-electron chi connectivity index (χ1n) is 6.90. The molecule has 1 saturated carbocycles. The quantitative estimate of drug-likeness (QED) is 0.875. The molecule has 1 aromatic heterocycles. The average molecular weight is 275 g/mol. The fraction of sp³-hybridized carbons (Fsp3) is 0.375. The second-order valence-corrected chi connectivity index (χ2v) is 5.19. The molecule has 0 spiro atoms. The molecule has 0 bridgehead atoms. The Balaban J connectivity index is 1.56. The first-order chi connectivity index (χ1) is 9.70. The predicted octanol–water partition coefficient (Wildman–Crippen LogP) is 3.56. The molecule has 0 atom stereocenters. The van der Waals surface area contributed by atoms with Crippen molar-refractivity contribution >= 4 is 0 Å². The Labute approximate surface area is 117 Å². The Morgan fingerprint density at radius 2 is 2.05 bits per heavy atom. The first-order valence-corrected chi connectivity index (χ1v) is 6.90. The summed E-state index contributed by atoms with van der Waals surface area (Å²) in [6, 6.07) is 8.69. The molecule has 1 N–H and O–H groups in total. The minimum atomic E-state index is -0.264. The van der Waals surface area contributed by atoms with Crippen molar-refractivity contribution in [2.24, 2.45) is 0 Å². The molecule has 1 heterocycles. The number of hydrogen-bond donors (Lipinski definition) is 1. The normalized spacial score (nSPS) is 14.5. The van der Waals surface area contributed by atoms with E-state index in [1.54, 1.807) is 12.1 Å². The van der Waals surface area contributed by atoms with Gasteiger partial charge in [-0.15, -0.1) is 0 Å². The highest BCUT2D eigenvalue weighted by Crippen LogP contribution is 2.22. The van der Waals surface area contributed by atoms with Gasteiger partial charge >= 0.3 is 0 Å². The molecule has 0 saturated heterocycles. The van der Waals surface area contributed by atoms with Crippen LogP contribution in [0.15, 0.2) is 34.7 Å². The molecule has 1 aliphatic rings. The highest BCUT2D eigenvalue weighted by atomic mass is 19.1. The summed E-state index contributed by atoms with van der Waals surface area (Å²) in [5.74, 6) is 2.09. The van der Waals surface area contributed by atoms with E-state index in [0.29, 0.717) is 18.4 Å². The van der Waals surface area contributed by atoms with E-state index in [1.807, 2.05) is 13.0 Å². The lowest BCUT2D eigenvalue weighted by Crippen LogP contribution is -2.15. The number of benzene rings is 1. The Bertz CT molecular complexity index is 573. The smallest absolute Gasteiger partial charge is 0.146 e. The summed E-state index contributed by atoms with van der Waals surface area (Å²) in [5, 5.41) is 3.46. The van der Waals surface area contributed by atoms with Crippen molar-refractivity contribution in [1.29, 1.82) is 0 Å². The van der Waals surface area contributed by atoms with Crippen molar-refractivity contribution in [3.05, 3.63) is 53.2 Å². The van der Waals surface area contributed by atoms with Crippen LogP contribution in [0.4, 0.5) is 4.39 Å². The molecule has 1 fully saturated rings. The van der Waals surface area contributed by atoms with Crippen LogP contribution in [0.25, 0.3) is 0 Å². The number of rotatable bonds is 6. The van der Waals surface area contributed by atoms with Gasteiger partial charge in [-0.25, -0.2) is 4.39 Å². The summed E-state index contributed by atoms with van der Waals surface area (Å²) in [5.41, 5.74) is 1.18. The van der Waals surface area contributed by atoms with Gasteiger partial charge in [0.1, 0.15) is 29.7 Å². The molecule has 0 unspecified atom stereocenters. The molecule has 4 heteroatoms. The lowest BCUT2D eigenvalue weighted by atomic mass is 10.2. The van der Waals surface area contributed by atoms with Crippen LogP contribution in [0.2, 0.25) is 0 Å². The maximum absolute atomic E-state index is 12.8. The molecule has 106 valence electrons. The minimum absolute atomic E-state index is 0.264. The number of ether oxygens (including phenoxy) is 1. The number of hydrogen-bond acceptors (Lipinski definition) is 3. The average Bonchev–Trinajstić information content (AvgIpc) is 3.20. The summed E-state index contributed by atoms with van der Waals surface area (Å²) < 4.78 is 24.0. The van der Waals surface area contributed by atoms with Gasteiger partial charge in [-0.3, -0.25) is 0 Å². The molecule has 1 aromatic carbocycles. The summed E-state index contributed by atoms with van der Waals surface area (Å²) >= 11 is 0. The molecule has 3 nitrogen and oxygen atoms in total. The van der Waals surface area contributed by atoms with Crippen LogP contribution in [0.3, 0.4) is 0 Å². The third kappa shape index (κ3) is 3.39. The molecule has 0 aliphatic heterocycles. The Morgan fingerprint density at radius 3 is 2.75 bits per heavy atom. The molecular formula is C16H18FNO2. The first kappa shape index (κ1) is 13.2. The summed E-state index contributed by atoms with van der Waals surface area (Å²) in [6.45, 7) is 3.16. The van der Waals surface area contributed by atoms with Crippen molar-refractivity contribution in [2.75, 3.05) is 0 Å². The van der Waals surface area contributed by atoms with Gasteiger partial charge in [0, 0.05) is 18.2 Å². The SMILES string of the molecule is Cc1oc(COc2ccc(F)cc2)cc1CNC1CC1. The molecule has 0 radical (unpaired) electrons. The van der Waals surface area contributed by atoms with Gasteiger partial charge in [0.15, 0.2) is 0 Å². The van der Waals surface area contributed by atoms with Crippen LogP contribution in [-0.4, -0.2) is 6.04 Å². The van der Waals surface area contributed by atoms with E-state index >= 15 is 0 Å². The van der Waals surface area contributed by atoms with Crippen LogP contribution < -0.4 is 10.1 Å². The molecule has 20 heavy (non-hydrogen) atoms. The minimum Gasteiger partial charge on any atom is -0.486 e. The van der Waals surface area contributed by atoms with E-state index in [0.717, 1.165) is 18.1 Å². The molecule has 1 aliphatic carbocycles. The Morgan fingerprint density at radius 1 is 1.30 bits per heavy atom. The molecular weight excluding hydrogens is 257 g/mol. The van der Waals surface area contributed by atoms with Gasteiger partial charge in [-0.1, -0.05) is 0 Å². The van der Waals surface area contributed by atoms with Crippen LogP contribution in [0.1, 0.15) is 29.9 Å². The highest BCUT2D eigenvalue weighted by Gasteiger charge is 2.20. The second kappa shape index (κ2) is 5.67. The van der Waals surface area contributed by atoms with E-state index in [-0.39, 0.29) is 5.82 Å². The van der Waals surface area contributed by atoms with E-state index in [2.05, 4.69) is 5.32 Å². The summed E-state index contributed by atoms with van der Waals surface area (Å²) in [4.78, 5) is 0. The maximum atomic E-state index is 12.8. The largest absolute Gasteiger partial charge is 0.486 e. The van der Waals surface area contributed by atoms with Crippen molar-refractivity contribution < 1.29 is 13.5 Å². The molecule has 3 rings (SSSR count). The van der Waals surface area contributed by atoms with Crippen LogP contribution in [0.5, 0.6) is 5.75 Å². The standard InChI is InChI=1S/C16H18FNO2/c1-11-12(9-18-14-4-5-14)8-16(20-11)10-19-15-6-2-13(17)3-7-15/h2-3,6-8,14,18H,4-5,9-10H2,1H3.